The fourth-order valence-corrected chi connectivity index (χ4v) is 3.05. The highest BCUT2D eigenvalue weighted by Crippen LogP contribution is 2.39. The molecule has 0 saturated carbocycles. The first-order valence-corrected chi connectivity index (χ1v) is 8.77. The van der Waals surface area contributed by atoms with E-state index in [-0.39, 0.29) is 12.8 Å². The lowest BCUT2D eigenvalue weighted by Crippen LogP contribution is -2.41. The normalized spacial score (nSPS) is 17.3. The van der Waals surface area contributed by atoms with Crippen LogP contribution in [0.25, 0.3) is 0 Å². The molecular formula is C22H20N2O4. The Bertz CT molecular complexity index is 933. The Balaban J connectivity index is 1.93. The Kier molecular flexibility index (Phi) is 5.69. The third kappa shape index (κ3) is 4.35. The van der Waals surface area contributed by atoms with Crippen LogP contribution in [0.1, 0.15) is 12.8 Å². The van der Waals surface area contributed by atoms with Crippen molar-refractivity contribution in [1.82, 2.24) is 0 Å². The van der Waals surface area contributed by atoms with E-state index in [1.54, 1.807) is 12.3 Å². The van der Waals surface area contributed by atoms with E-state index < -0.39 is 17.4 Å². The zero-order chi connectivity index (χ0) is 20.0. The van der Waals surface area contributed by atoms with Crippen LogP contribution in [0.15, 0.2) is 89.1 Å². The summed E-state index contributed by atoms with van der Waals surface area (Å²) in [6.45, 7) is 0. The maximum Gasteiger partial charge on any atom is 0.321 e. The molecule has 0 radical (unpaired) electrons. The van der Waals surface area contributed by atoms with Crippen molar-refractivity contribution < 1.29 is 19.8 Å². The van der Waals surface area contributed by atoms with Crippen molar-refractivity contribution in [1.29, 1.82) is 0 Å². The van der Waals surface area contributed by atoms with E-state index in [0.717, 1.165) is 5.69 Å². The van der Waals surface area contributed by atoms with Gasteiger partial charge in [0.25, 0.3) is 0 Å². The molecule has 1 aliphatic rings. The molecule has 0 heterocycles. The summed E-state index contributed by atoms with van der Waals surface area (Å²) in [6.07, 6.45) is 4.72. The number of carboxylic acids is 2. The number of nitrogens with zero attached hydrogens (tertiary/aromatic N) is 1. The van der Waals surface area contributed by atoms with Crippen molar-refractivity contribution in [3.05, 3.63) is 84.1 Å². The number of hydrogen-bond acceptors (Lipinski definition) is 4. The number of anilines is 1. The van der Waals surface area contributed by atoms with Gasteiger partial charge in [-0.1, -0.05) is 42.5 Å². The number of para-hydroxylation sites is 2. The summed E-state index contributed by atoms with van der Waals surface area (Å²) in [5, 5.41) is 22.4. The van der Waals surface area contributed by atoms with Gasteiger partial charge in [-0.05, 0) is 35.4 Å². The van der Waals surface area contributed by atoms with Crippen molar-refractivity contribution in [2.24, 2.45) is 10.4 Å². The number of carbonyl (C=O) groups is 2. The average molecular weight is 376 g/mol. The average Bonchev–Trinajstić information content (AvgIpc) is 2.72. The number of benzene rings is 2. The number of carboxylic acid groups (broad SMARTS) is 2. The van der Waals surface area contributed by atoms with Crippen molar-refractivity contribution >= 4 is 29.5 Å². The predicted octanol–water partition coefficient (Wildman–Crippen LogP) is 4.26. The minimum Gasteiger partial charge on any atom is -0.480 e. The number of aliphatic imine (C=N–C) groups is 1. The largest absolute Gasteiger partial charge is 0.480 e. The fourth-order valence-electron chi connectivity index (χ4n) is 3.05. The first-order chi connectivity index (χ1) is 13.5. The zero-order valence-corrected chi connectivity index (χ0v) is 15.1. The van der Waals surface area contributed by atoms with E-state index in [0.29, 0.717) is 16.8 Å². The molecule has 0 saturated heterocycles. The molecule has 0 amide bonds. The van der Waals surface area contributed by atoms with Gasteiger partial charge in [0.05, 0.1) is 5.69 Å². The fraction of sp³-hybridized carbons (Fsp3) is 0.136. The Hall–Kier alpha value is -3.67. The molecule has 0 spiro atoms. The second kappa shape index (κ2) is 8.35. The summed E-state index contributed by atoms with van der Waals surface area (Å²) in [6, 6.07) is 18.5. The maximum atomic E-state index is 11.9. The molecule has 1 aliphatic carbocycles. The Morgan fingerprint density at radius 1 is 0.929 bits per heavy atom. The van der Waals surface area contributed by atoms with Crippen molar-refractivity contribution in [3.8, 4) is 0 Å². The van der Waals surface area contributed by atoms with Crippen LogP contribution in [0.2, 0.25) is 0 Å². The third-order valence-corrected chi connectivity index (χ3v) is 4.54. The van der Waals surface area contributed by atoms with E-state index in [1.165, 1.54) is 6.21 Å². The number of aliphatic carboxylic acids is 2. The molecule has 28 heavy (non-hydrogen) atoms. The van der Waals surface area contributed by atoms with Crippen LogP contribution >= 0.6 is 0 Å². The second-order valence-corrected chi connectivity index (χ2v) is 6.59. The van der Waals surface area contributed by atoms with Crippen LogP contribution in [0.5, 0.6) is 0 Å². The highest BCUT2D eigenvalue weighted by molar-refractivity contribution is 6.01. The van der Waals surface area contributed by atoms with Crippen LogP contribution in [0.3, 0.4) is 0 Å². The lowest BCUT2D eigenvalue weighted by Gasteiger charge is -2.29. The van der Waals surface area contributed by atoms with E-state index >= 15 is 0 Å². The summed E-state index contributed by atoms with van der Waals surface area (Å²) >= 11 is 0. The molecule has 3 N–H and O–H groups in total. The van der Waals surface area contributed by atoms with Gasteiger partial charge >= 0.3 is 11.9 Å². The van der Waals surface area contributed by atoms with Crippen molar-refractivity contribution in [2.45, 2.75) is 12.8 Å². The molecule has 3 rings (SSSR count). The minimum absolute atomic E-state index is 0.111. The van der Waals surface area contributed by atoms with Gasteiger partial charge in [-0.2, -0.15) is 0 Å². The molecule has 0 atom stereocenters. The molecule has 0 fully saturated rings. The first-order valence-electron chi connectivity index (χ1n) is 8.77. The molecule has 0 aromatic heterocycles. The zero-order valence-electron chi connectivity index (χ0n) is 15.1. The summed E-state index contributed by atoms with van der Waals surface area (Å²) in [4.78, 5) is 28.1. The highest BCUT2D eigenvalue weighted by atomic mass is 16.4. The Morgan fingerprint density at radius 3 is 2.14 bits per heavy atom. The van der Waals surface area contributed by atoms with Gasteiger partial charge in [-0.3, -0.25) is 14.6 Å². The molecular weight excluding hydrogens is 356 g/mol. The molecule has 142 valence electrons. The summed E-state index contributed by atoms with van der Waals surface area (Å²) in [7, 11) is 0. The van der Waals surface area contributed by atoms with Gasteiger partial charge in [-0.15, -0.1) is 0 Å². The van der Waals surface area contributed by atoms with Crippen LogP contribution in [-0.4, -0.2) is 28.4 Å². The van der Waals surface area contributed by atoms with Crippen LogP contribution in [0, 0.1) is 5.41 Å². The Morgan fingerprint density at radius 2 is 1.54 bits per heavy atom. The third-order valence-electron chi connectivity index (χ3n) is 4.54. The van der Waals surface area contributed by atoms with Gasteiger partial charge in [0.1, 0.15) is 0 Å². The minimum atomic E-state index is -1.92. The van der Waals surface area contributed by atoms with E-state index in [2.05, 4.69) is 10.3 Å². The lowest BCUT2D eigenvalue weighted by molar-refractivity contribution is -0.164. The molecule has 0 unspecified atom stereocenters. The number of hydrogen-bond donors (Lipinski definition) is 3. The smallest absolute Gasteiger partial charge is 0.321 e. The predicted molar refractivity (Wildman–Crippen MR) is 108 cm³/mol. The van der Waals surface area contributed by atoms with Gasteiger partial charge in [0.2, 0.25) is 0 Å². The van der Waals surface area contributed by atoms with Crippen molar-refractivity contribution in [3.63, 3.8) is 0 Å². The SMILES string of the molecule is O=C(O)C1(C(=O)O)CC(/C=N\c2ccccc2)=CC(=C/Nc2ccccc2)/C1. The van der Waals surface area contributed by atoms with Crippen LogP contribution < -0.4 is 5.32 Å². The molecule has 0 bridgehead atoms. The van der Waals surface area contributed by atoms with E-state index in [1.807, 2.05) is 60.7 Å². The van der Waals surface area contributed by atoms with Gasteiger partial charge < -0.3 is 15.5 Å². The van der Waals surface area contributed by atoms with E-state index in [9.17, 15) is 19.8 Å². The van der Waals surface area contributed by atoms with Crippen molar-refractivity contribution in [2.75, 3.05) is 5.32 Å². The number of allylic oxidation sites excluding steroid dienone is 3. The molecule has 0 aliphatic heterocycles. The second-order valence-electron chi connectivity index (χ2n) is 6.59. The topological polar surface area (TPSA) is 99.0 Å². The quantitative estimate of drug-likeness (QED) is 0.517. The molecule has 6 nitrogen and oxygen atoms in total. The van der Waals surface area contributed by atoms with Crippen LogP contribution in [-0.2, 0) is 9.59 Å². The van der Waals surface area contributed by atoms with Gasteiger partial charge in [-0.25, -0.2) is 0 Å². The van der Waals surface area contributed by atoms with Crippen LogP contribution in [0.4, 0.5) is 11.4 Å². The summed E-state index contributed by atoms with van der Waals surface area (Å²) < 4.78 is 0. The van der Waals surface area contributed by atoms with Gasteiger partial charge in [0, 0.05) is 30.9 Å². The molecule has 6 heteroatoms. The first kappa shape index (κ1) is 19.1. The number of nitrogens with one attached hydrogen (secondary N) is 1. The molecule has 2 aromatic carbocycles. The van der Waals surface area contributed by atoms with E-state index in [4.69, 9.17) is 0 Å². The summed E-state index contributed by atoms with van der Waals surface area (Å²) in [5.41, 5.74) is 0.732. The highest BCUT2D eigenvalue weighted by Gasteiger charge is 2.49. The standard InChI is InChI=1S/C22H20N2O4/c25-20(26)22(21(27)28)12-16(14-23-18-7-3-1-4-8-18)11-17(13-22)15-24-19-9-5-2-6-10-19/h1-11,14-15,23H,12-13H2,(H,25,26)(H,27,28)/b16-14-,24-15-. The lowest BCUT2D eigenvalue weighted by atomic mass is 9.72. The number of rotatable bonds is 6. The van der Waals surface area contributed by atoms with Gasteiger partial charge in [0.15, 0.2) is 5.41 Å². The maximum absolute atomic E-state index is 11.9. The monoisotopic (exact) mass is 376 g/mol. The molecule has 2 aromatic rings. The Labute approximate surface area is 162 Å². The summed E-state index contributed by atoms with van der Waals surface area (Å²) in [5.74, 6) is -2.71.